The molecule has 0 spiro atoms. The minimum Gasteiger partial charge on any atom is -0.478 e. The van der Waals surface area contributed by atoms with E-state index in [0.717, 1.165) is 0 Å². The van der Waals surface area contributed by atoms with Crippen LogP contribution in [0.25, 0.3) is 5.69 Å². The topological polar surface area (TPSA) is 55.1 Å². The van der Waals surface area contributed by atoms with Gasteiger partial charge in [0, 0.05) is 11.6 Å². The Kier molecular flexibility index (Phi) is 3.14. The summed E-state index contributed by atoms with van der Waals surface area (Å²) in [6.07, 6.45) is 1.45. The van der Waals surface area contributed by atoms with Gasteiger partial charge in [-0.15, -0.1) is 0 Å². The Morgan fingerprint density at radius 2 is 1.84 bits per heavy atom. The molecule has 5 heteroatoms. The highest BCUT2D eigenvalue weighted by Crippen LogP contribution is 2.25. The zero-order chi connectivity index (χ0) is 14.2. The Labute approximate surface area is 110 Å². The van der Waals surface area contributed by atoms with Crippen molar-refractivity contribution in [3.05, 3.63) is 47.5 Å². The number of carbonyl (C=O) groups is 1. The molecule has 0 aliphatic rings. The highest BCUT2D eigenvalue weighted by molar-refractivity contribution is 5.89. The average Bonchev–Trinajstić information content (AvgIpc) is 2.74. The summed E-state index contributed by atoms with van der Waals surface area (Å²) < 4.78 is 14.3. The van der Waals surface area contributed by atoms with Crippen molar-refractivity contribution in [1.82, 2.24) is 9.78 Å². The van der Waals surface area contributed by atoms with E-state index in [0.29, 0.717) is 11.4 Å². The highest BCUT2D eigenvalue weighted by Gasteiger charge is 2.26. The third-order valence-corrected chi connectivity index (χ3v) is 2.75. The minimum absolute atomic E-state index is 0.164. The van der Waals surface area contributed by atoms with Crippen LogP contribution in [0.3, 0.4) is 0 Å². The lowest BCUT2D eigenvalue weighted by atomic mass is 9.90. The molecule has 0 saturated carbocycles. The number of hydrogen-bond acceptors (Lipinski definition) is 2. The molecule has 0 bridgehead atoms. The Balaban J connectivity index is 2.55. The van der Waals surface area contributed by atoms with Gasteiger partial charge in [0.2, 0.25) is 0 Å². The molecule has 1 aromatic carbocycles. The largest absolute Gasteiger partial charge is 0.478 e. The summed E-state index contributed by atoms with van der Waals surface area (Å²) in [5.41, 5.74) is 0.916. The molecule has 0 unspecified atom stereocenters. The van der Waals surface area contributed by atoms with Crippen LogP contribution < -0.4 is 0 Å². The van der Waals surface area contributed by atoms with E-state index in [2.05, 4.69) is 5.10 Å². The van der Waals surface area contributed by atoms with Crippen molar-refractivity contribution in [2.75, 3.05) is 0 Å². The third-order valence-electron chi connectivity index (χ3n) is 2.75. The molecular weight excluding hydrogens is 247 g/mol. The van der Waals surface area contributed by atoms with Gasteiger partial charge in [0.05, 0.1) is 11.4 Å². The van der Waals surface area contributed by atoms with Crippen molar-refractivity contribution in [3.63, 3.8) is 0 Å². The second kappa shape index (κ2) is 4.50. The molecule has 0 atom stereocenters. The van der Waals surface area contributed by atoms with E-state index in [1.807, 2.05) is 20.8 Å². The fourth-order valence-corrected chi connectivity index (χ4v) is 1.81. The molecule has 4 nitrogen and oxygen atoms in total. The van der Waals surface area contributed by atoms with Crippen molar-refractivity contribution in [1.29, 1.82) is 0 Å². The van der Waals surface area contributed by atoms with Crippen LogP contribution in [0.4, 0.5) is 4.39 Å². The minimum atomic E-state index is -1.02. The average molecular weight is 262 g/mol. The van der Waals surface area contributed by atoms with Crippen LogP contribution in [0.15, 0.2) is 30.5 Å². The monoisotopic (exact) mass is 262 g/mol. The van der Waals surface area contributed by atoms with Crippen LogP contribution in [-0.2, 0) is 5.41 Å². The Morgan fingerprint density at radius 3 is 2.26 bits per heavy atom. The Hall–Kier alpha value is -2.17. The maximum Gasteiger partial charge on any atom is 0.339 e. The third kappa shape index (κ3) is 2.65. The van der Waals surface area contributed by atoms with Crippen LogP contribution >= 0.6 is 0 Å². The molecule has 1 N–H and O–H groups in total. The van der Waals surface area contributed by atoms with Gasteiger partial charge in [-0.2, -0.15) is 5.10 Å². The molecule has 1 heterocycles. The van der Waals surface area contributed by atoms with Gasteiger partial charge in [-0.25, -0.2) is 13.9 Å². The quantitative estimate of drug-likeness (QED) is 0.905. The first-order chi connectivity index (χ1) is 8.79. The fraction of sp³-hybridized carbons (Fsp3) is 0.286. The molecule has 0 saturated heterocycles. The van der Waals surface area contributed by atoms with Gasteiger partial charge in [-0.05, 0) is 24.3 Å². The van der Waals surface area contributed by atoms with Gasteiger partial charge >= 0.3 is 5.97 Å². The summed E-state index contributed by atoms with van der Waals surface area (Å²) in [4.78, 5) is 11.3. The molecule has 0 fully saturated rings. The lowest BCUT2D eigenvalue weighted by Gasteiger charge is -2.15. The van der Waals surface area contributed by atoms with Crippen molar-refractivity contribution in [2.45, 2.75) is 26.2 Å². The van der Waals surface area contributed by atoms with Crippen LogP contribution in [0, 0.1) is 5.82 Å². The maximum absolute atomic E-state index is 12.9. The molecule has 0 amide bonds. The number of rotatable bonds is 2. The number of nitrogens with zero attached hydrogens (tertiary/aromatic N) is 2. The van der Waals surface area contributed by atoms with Crippen molar-refractivity contribution < 1.29 is 14.3 Å². The summed E-state index contributed by atoms with van der Waals surface area (Å²) in [6, 6.07) is 5.74. The molecule has 19 heavy (non-hydrogen) atoms. The van der Waals surface area contributed by atoms with E-state index in [-0.39, 0.29) is 16.8 Å². The second-order valence-corrected chi connectivity index (χ2v) is 5.37. The van der Waals surface area contributed by atoms with Crippen molar-refractivity contribution in [2.24, 2.45) is 0 Å². The van der Waals surface area contributed by atoms with Crippen LogP contribution in [-0.4, -0.2) is 20.9 Å². The predicted octanol–water partition coefficient (Wildman–Crippen LogP) is 3.01. The Morgan fingerprint density at radius 1 is 1.26 bits per heavy atom. The van der Waals surface area contributed by atoms with E-state index in [9.17, 15) is 14.3 Å². The van der Waals surface area contributed by atoms with Crippen LogP contribution in [0.5, 0.6) is 0 Å². The van der Waals surface area contributed by atoms with E-state index in [1.54, 1.807) is 12.1 Å². The summed E-state index contributed by atoms with van der Waals surface area (Å²) in [7, 11) is 0. The van der Waals surface area contributed by atoms with E-state index >= 15 is 0 Å². The molecule has 0 aliphatic carbocycles. The van der Waals surface area contributed by atoms with E-state index in [4.69, 9.17) is 0 Å². The summed E-state index contributed by atoms with van der Waals surface area (Å²) in [5, 5.41) is 13.5. The normalized spacial score (nSPS) is 11.6. The lowest BCUT2D eigenvalue weighted by molar-refractivity contribution is 0.0694. The number of carboxylic acid groups (broad SMARTS) is 1. The zero-order valence-electron chi connectivity index (χ0n) is 11.0. The molecule has 0 radical (unpaired) electrons. The smallest absolute Gasteiger partial charge is 0.339 e. The molecule has 2 aromatic rings. The Bertz CT molecular complexity index is 609. The standard InChI is InChI=1S/C14H15FN2O2/c1-14(2,3)12-11(13(18)19)8-17(16-12)10-6-4-9(15)5-7-10/h4-8H,1-3H3,(H,18,19). The number of aromatic carboxylic acids is 1. The number of halogens is 1. The second-order valence-electron chi connectivity index (χ2n) is 5.37. The number of benzene rings is 1. The summed E-state index contributed by atoms with van der Waals surface area (Å²) in [6.45, 7) is 5.70. The molecular formula is C14H15FN2O2. The van der Waals surface area contributed by atoms with E-state index in [1.165, 1.54) is 23.0 Å². The summed E-state index contributed by atoms with van der Waals surface area (Å²) in [5.74, 6) is -1.36. The van der Waals surface area contributed by atoms with Crippen LogP contribution in [0.1, 0.15) is 36.8 Å². The number of hydrogen-bond donors (Lipinski definition) is 1. The molecule has 2 rings (SSSR count). The molecule has 0 aliphatic heterocycles. The van der Waals surface area contributed by atoms with Gasteiger partial charge in [0.15, 0.2) is 0 Å². The van der Waals surface area contributed by atoms with Gasteiger partial charge in [0.25, 0.3) is 0 Å². The number of aromatic nitrogens is 2. The van der Waals surface area contributed by atoms with E-state index < -0.39 is 5.97 Å². The van der Waals surface area contributed by atoms with Crippen LogP contribution in [0.2, 0.25) is 0 Å². The first kappa shape index (κ1) is 13.3. The van der Waals surface area contributed by atoms with Gasteiger partial charge < -0.3 is 5.11 Å². The zero-order valence-corrected chi connectivity index (χ0v) is 11.0. The van der Waals surface area contributed by atoms with Crippen molar-refractivity contribution in [3.8, 4) is 5.69 Å². The maximum atomic E-state index is 12.9. The van der Waals surface area contributed by atoms with Gasteiger partial charge in [0.1, 0.15) is 11.4 Å². The first-order valence-electron chi connectivity index (χ1n) is 5.88. The lowest BCUT2D eigenvalue weighted by Crippen LogP contribution is -2.16. The predicted molar refractivity (Wildman–Crippen MR) is 69.2 cm³/mol. The fourth-order valence-electron chi connectivity index (χ4n) is 1.81. The highest BCUT2D eigenvalue weighted by atomic mass is 19.1. The summed E-state index contributed by atoms with van der Waals surface area (Å²) >= 11 is 0. The first-order valence-corrected chi connectivity index (χ1v) is 5.88. The van der Waals surface area contributed by atoms with Crippen molar-refractivity contribution >= 4 is 5.97 Å². The van der Waals surface area contributed by atoms with Gasteiger partial charge in [-0.1, -0.05) is 20.8 Å². The SMILES string of the molecule is CC(C)(C)c1nn(-c2ccc(F)cc2)cc1C(=O)O. The molecule has 1 aromatic heterocycles. The molecule has 100 valence electrons. The van der Waals surface area contributed by atoms with Gasteiger partial charge in [-0.3, -0.25) is 0 Å². The number of carboxylic acids is 1.